The van der Waals surface area contributed by atoms with E-state index in [1.165, 1.54) is 43.7 Å². The number of esters is 8. The van der Waals surface area contributed by atoms with E-state index in [1.54, 1.807) is 25.1 Å². The summed E-state index contributed by atoms with van der Waals surface area (Å²) < 4.78 is 53.4. The number of nitrogens with zero attached hydrogens (tertiary/aromatic N) is 2. The first-order valence-electron chi connectivity index (χ1n) is 42.8. The van der Waals surface area contributed by atoms with Gasteiger partial charge in [-0.2, -0.15) is 0 Å². The number of ether oxygens (including phenoxy) is 8. The summed E-state index contributed by atoms with van der Waals surface area (Å²) in [6.45, 7) is 45.2. The van der Waals surface area contributed by atoms with Gasteiger partial charge >= 0.3 is 47.8 Å². The highest BCUT2D eigenvalue weighted by atomic mass is 35.5. The van der Waals surface area contributed by atoms with E-state index >= 15 is 0 Å². The van der Waals surface area contributed by atoms with Gasteiger partial charge in [0.1, 0.15) is 17.9 Å². The summed E-state index contributed by atoms with van der Waals surface area (Å²) in [4.78, 5) is 95.7. The van der Waals surface area contributed by atoms with E-state index in [2.05, 4.69) is 77.7 Å². The Morgan fingerprint density at radius 3 is 1.29 bits per heavy atom. The van der Waals surface area contributed by atoms with Crippen LogP contribution in [0.1, 0.15) is 277 Å². The zero-order chi connectivity index (χ0) is 84.9. The van der Waals surface area contributed by atoms with Crippen LogP contribution in [0.4, 0.5) is 4.39 Å². The summed E-state index contributed by atoms with van der Waals surface area (Å²) in [6.07, 6.45) is 22.9. The van der Waals surface area contributed by atoms with Crippen molar-refractivity contribution in [1.82, 2.24) is 15.1 Å². The molecule has 1 N–H and O–H groups in total. The van der Waals surface area contributed by atoms with Crippen molar-refractivity contribution in [2.45, 2.75) is 291 Å². The van der Waals surface area contributed by atoms with Gasteiger partial charge in [-0.1, -0.05) is 219 Å². The molecule has 19 nitrogen and oxygen atoms in total. The molecule has 2 fully saturated rings. The van der Waals surface area contributed by atoms with Gasteiger partial charge < -0.3 is 43.2 Å². The minimum atomic E-state index is -0.252. The molecular formula is C91H155ClFN3O16. The second-order valence-corrected chi connectivity index (χ2v) is 28.7. The van der Waals surface area contributed by atoms with Gasteiger partial charge in [-0.05, 0) is 212 Å². The van der Waals surface area contributed by atoms with Crippen LogP contribution in [0, 0.1) is 47.2 Å². The zero-order valence-corrected chi connectivity index (χ0v) is 74.1. The van der Waals surface area contributed by atoms with Gasteiger partial charge in [-0.3, -0.25) is 48.2 Å². The van der Waals surface area contributed by atoms with Crippen molar-refractivity contribution in [2.24, 2.45) is 41.4 Å². The first kappa shape index (κ1) is 110. The molecule has 1 aliphatic heterocycles. The number of likely N-dealkylation sites (N-methyl/N-ethyl adjacent to an activating group) is 3. The van der Waals surface area contributed by atoms with Gasteiger partial charge in [0.25, 0.3) is 0 Å². The fraction of sp³-hybridized carbons (Fsp3) is 0.714. The summed E-state index contributed by atoms with van der Waals surface area (Å²) in [7, 11) is 1.89. The zero-order valence-electron chi connectivity index (χ0n) is 73.3. The van der Waals surface area contributed by atoms with E-state index in [1.807, 2.05) is 124 Å². The van der Waals surface area contributed by atoms with Crippen molar-refractivity contribution in [2.75, 3.05) is 92.6 Å². The normalized spacial score (nSPS) is 14.2. The number of hydrogen-bond acceptors (Lipinski definition) is 19. The summed E-state index contributed by atoms with van der Waals surface area (Å²) in [5, 5.41) is 3.96. The summed E-state index contributed by atoms with van der Waals surface area (Å²) >= 11 is 5.83. The van der Waals surface area contributed by atoms with Gasteiger partial charge in [0.2, 0.25) is 0 Å². The number of carbonyl (C=O) groups excluding carboxylic acids is 8. The molecule has 3 aromatic carbocycles. The van der Waals surface area contributed by atoms with Crippen molar-refractivity contribution in [3.8, 4) is 0 Å². The van der Waals surface area contributed by atoms with E-state index in [9.17, 15) is 42.7 Å². The van der Waals surface area contributed by atoms with Crippen LogP contribution in [0.15, 0.2) is 78.9 Å². The lowest BCUT2D eigenvalue weighted by Gasteiger charge is -2.25. The molecule has 3 aromatic rings. The number of likely N-dealkylation sites (tertiary alicyclic amines) is 1. The highest BCUT2D eigenvalue weighted by Gasteiger charge is 2.31. The lowest BCUT2D eigenvalue weighted by Crippen LogP contribution is -2.39. The Morgan fingerprint density at radius 2 is 0.875 bits per heavy atom. The summed E-state index contributed by atoms with van der Waals surface area (Å²) in [6, 6.07) is 24.3. The Kier molecular flexibility index (Phi) is 71.9. The number of rotatable bonds is 42. The maximum absolute atomic E-state index is 13.5. The van der Waals surface area contributed by atoms with Gasteiger partial charge in [0.15, 0.2) is 0 Å². The maximum atomic E-state index is 13.5. The largest absolute Gasteiger partial charge is 0.466 e. The van der Waals surface area contributed by atoms with Crippen LogP contribution in [0.3, 0.4) is 0 Å². The van der Waals surface area contributed by atoms with Crippen LogP contribution in [-0.2, 0) is 95.5 Å². The van der Waals surface area contributed by atoms with Gasteiger partial charge in [0, 0.05) is 5.02 Å². The Balaban J connectivity index is -0.00000122. The fourth-order valence-electron chi connectivity index (χ4n) is 12.8. The van der Waals surface area contributed by atoms with E-state index in [-0.39, 0.29) is 95.2 Å². The number of hydrogen-bond donors (Lipinski definition) is 1. The Hall–Kier alpha value is -6.48. The molecule has 1 heterocycles. The molecule has 0 spiro atoms. The summed E-state index contributed by atoms with van der Waals surface area (Å²) in [5.74, 6) is 0.119. The average molecular weight is 1600 g/mol. The summed E-state index contributed by atoms with van der Waals surface area (Å²) in [5.41, 5.74) is 2.91. The van der Waals surface area contributed by atoms with Crippen LogP contribution < -0.4 is 5.32 Å². The number of carbonyl (C=O) groups is 8. The smallest absolute Gasteiger partial charge is 0.323 e. The molecule has 0 unspecified atom stereocenters. The average Bonchev–Trinajstić information content (AvgIpc) is 1.81. The highest BCUT2D eigenvalue weighted by Crippen LogP contribution is 2.28. The predicted molar refractivity (Wildman–Crippen MR) is 452 cm³/mol. The van der Waals surface area contributed by atoms with E-state index in [4.69, 9.17) is 49.5 Å². The standard InChI is InChI=1S/C14H19ClO2.C14H19FO2.C14H20O2.C13H25NO2.2C10H20O2.C9H17NO2.C7H15NO2/c1-3-5-12(14(16)17-4-2)10-11-6-8-13(15)9-7-11;1-3-7-12(14(16)17-4-2)10-11-8-5-6-9-13(11)15;1-3-8-13(14(15)16-4-2)11-12-9-6-5-7-10-12;1-3-14-12(13(15)16-4-2)10-11-8-6-5-7-9-11;1-5-7-9(8(3)4)10(11)12-6-2;1-4-7-9(8-5-2)10(11)12-6-3;1-3-10-7-5-6-8(10)9(11)12-4-2;1-4-8(3)6-7(9)10-5-2/h6-9,12H,3-5,10H2,1-2H3;5-6,8-9,12H,3-4,7,10H2,1-2H3;5-7,9-10,13H,3-4,8,11H2,1-2H3;11-12,14H,3-10H2,1-2H3;8-9H,5-7H2,1-4H3;9H,4-8H2,1-3H3;8H,3-7H2,1-2H3;4-6H2,1-3H3/t2*12-;13-;12-;9-;;8-;/m00011.1./s1. The van der Waals surface area contributed by atoms with Crippen LogP contribution in [0.25, 0.3) is 0 Å². The van der Waals surface area contributed by atoms with Crippen molar-refractivity contribution >= 4 is 59.4 Å². The third-order valence-corrected chi connectivity index (χ3v) is 18.9. The molecule has 0 bridgehead atoms. The lowest BCUT2D eigenvalue weighted by atomic mass is 9.85. The first-order valence-corrected chi connectivity index (χ1v) is 43.2. The second-order valence-electron chi connectivity index (χ2n) is 28.2. The molecule has 112 heavy (non-hydrogen) atoms. The molecule has 1 saturated carbocycles. The molecular weight excluding hydrogens is 1450 g/mol. The van der Waals surface area contributed by atoms with Crippen molar-refractivity contribution < 1.29 is 80.6 Å². The molecule has 0 aromatic heterocycles. The second kappa shape index (κ2) is 73.4. The maximum Gasteiger partial charge on any atom is 0.323 e. The lowest BCUT2D eigenvalue weighted by molar-refractivity contribution is -0.150. The molecule has 0 radical (unpaired) electrons. The van der Waals surface area contributed by atoms with E-state index in [0.29, 0.717) is 83.2 Å². The molecule has 644 valence electrons. The SMILES string of the molecule is CCCC(CCC)C(=O)OCC.CCC[C@@H](C(=O)OCC)C(C)C.CCC[C@@H](Cc1ccc(Cl)cc1)C(=O)OCC.CCC[C@@H](Cc1ccccc1)C(=O)OCC.CCC[C@@H](Cc1ccccc1F)C(=O)OCC.CCN[C@H](CC1CCCCC1)C(=O)OCC.CCOC(=O)CN(C)CC.CCOC(=O)[C@H]1CCCN1CC. The van der Waals surface area contributed by atoms with E-state index < -0.39 is 0 Å². The van der Waals surface area contributed by atoms with Crippen LogP contribution in [0.2, 0.25) is 5.02 Å². The topological polar surface area (TPSA) is 229 Å². The van der Waals surface area contributed by atoms with Gasteiger partial charge in [-0.25, -0.2) is 4.39 Å². The minimum absolute atomic E-state index is 0.00681. The van der Waals surface area contributed by atoms with Crippen LogP contribution in [-0.4, -0.2) is 162 Å². The van der Waals surface area contributed by atoms with Gasteiger partial charge in [-0.15, -0.1) is 0 Å². The van der Waals surface area contributed by atoms with Crippen molar-refractivity contribution in [3.05, 3.63) is 106 Å². The molecule has 0 amide bonds. The molecule has 6 atom stereocenters. The molecule has 21 heteroatoms. The first-order chi connectivity index (χ1) is 53.8. The molecule has 1 saturated heterocycles. The van der Waals surface area contributed by atoms with Gasteiger partial charge in [0.05, 0.1) is 89.0 Å². The molecule has 2 aliphatic rings. The van der Waals surface area contributed by atoms with Crippen molar-refractivity contribution in [1.29, 1.82) is 0 Å². The number of nitrogens with one attached hydrogen (secondary N) is 1. The quantitative estimate of drug-likeness (QED) is 0.0410. The predicted octanol–water partition coefficient (Wildman–Crippen LogP) is 19.8. The van der Waals surface area contributed by atoms with E-state index in [0.717, 1.165) is 146 Å². The number of halogens is 2. The van der Waals surface area contributed by atoms with Crippen LogP contribution >= 0.6 is 11.6 Å². The third-order valence-electron chi connectivity index (χ3n) is 18.7. The highest BCUT2D eigenvalue weighted by molar-refractivity contribution is 6.30. The van der Waals surface area contributed by atoms with Crippen molar-refractivity contribution in [3.63, 3.8) is 0 Å². The Morgan fingerprint density at radius 1 is 0.464 bits per heavy atom. The molecule has 5 rings (SSSR count). The Bertz CT molecular complexity index is 2810. The number of benzene rings is 3. The van der Waals surface area contributed by atoms with Crippen LogP contribution in [0.5, 0.6) is 0 Å². The third kappa shape index (κ3) is 54.3. The molecule has 1 aliphatic carbocycles. The fourth-order valence-corrected chi connectivity index (χ4v) is 13.0. The Labute approximate surface area is 683 Å². The monoisotopic (exact) mass is 1600 g/mol. The minimum Gasteiger partial charge on any atom is -0.466 e.